The van der Waals surface area contributed by atoms with Gasteiger partial charge in [0.2, 0.25) is 0 Å². The number of benzene rings is 1. The predicted molar refractivity (Wildman–Crippen MR) is 85.2 cm³/mol. The van der Waals surface area contributed by atoms with Crippen LogP contribution in [0.4, 0.5) is 0 Å². The lowest BCUT2D eigenvalue weighted by atomic mass is 9.92. The third-order valence-electron chi connectivity index (χ3n) is 4.05. The minimum Gasteiger partial charge on any atom is -0.345 e. The van der Waals surface area contributed by atoms with E-state index in [1.165, 1.54) is 5.69 Å². The summed E-state index contributed by atoms with van der Waals surface area (Å²) < 4.78 is 2.75. The minimum atomic E-state index is -0.0384. The van der Waals surface area contributed by atoms with Crippen molar-refractivity contribution in [2.45, 2.75) is 32.2 Å². The Kier molecular flexibility index (Phi) is 3.85. The van der Waals surface area contributed by atoms with E-state index < -0.39 is 0 Å². The smallest absolute Gasteiger partial charge is 0.252 e. The summed E-state index contributed by atoms with van der Waals surface area (Å²) in [5.41, 5.74) is 4.19. The van der Waals surface area contributed by atoms with Gasteiger partial charge in [0, 0.05) is 22.8 Å². The quantitative estimate of drug-likeness (QED) is 0.905. The molecule has 2 aromatic rings. The van der Waals surface area contributed by atoms with Gasteiger partial charge >= 0.3 is 0 Å². The lowest BCUT2D eigenvalue weighted by Gasteiger charge is -2.24. The number of rotatable bonds is 2. The van der Waals surface area contributed by atoms with E-state index in [1.807, 2.05) is 43.0 Å². The van der Waals surface area contributed by atoms with Crippen molar-refractivity contribution in [1.29, 1.82) is 0 Å². The van der Waals surface area contributed by atoms with Gasteiger partial charge in [0.05, 0.1) is 17.8 Å². The molecule has 5 heteroatoms. The number of fused-ring (bicyclic) bond motifs is 1. The fourth-order valence-electron chi connectivity index (χ4n) is 2.90. The highest BCUT2D eigenvalue weighted by molar-refractivity contribution is 9.10. The molecule has 1 heterocycles. The summed E-state index contributed by atoms with van der Waals surface area (Å²) >= 11 is 3.47. The van der Waals surface area contributed by atoms with E-state index in [-0.39, 0.29) is 11.9 Å². The zero-order valence-electron chi connectivity index (χ0n) is 12.2. The van der Waals surface area contributed by atoms with Gasteiger partial charge in [0.15, 0.2) is 0 Å². The Bertz CT molecular complexity index is 693. The average Bonchev–Trinajstić information content (AvgIpc) is 2.81. The van der Waals surface area contributed by atoms with E-state index >= 15 is 0 Å². The van der Waals surface area contributed by atoms with Gasteiger partial charge in [-0.25, -0.2) is 0 Å². The van der Waals surface area contributed by atoms with Crippen LogP contribution in [0.15, 0.2) is 28.9 Å². The van der Waals surface area contributed by atoms with Gasteiger partial charge < -0.3 is 5.32 Å². The molecule has 4 nitrogen and oxygen atoms in total. The number of aromatic nitrogens is 2. The number of nitrogens with zero attached hydrogens (tertiary/aromatic N) is 2. The largest absolute Gasteiger partial charge is 0.345 e. The molecule has 0 saturated carbocycles. The van der Waals surface area contributed by atoms with Crippen molar-refractivity contribution >= 4 is 21.8 Å². The molecule has 0 saturated heterocycles. The van der Waals surface area contributed by atoms with Crippen molar-refractivity contribution in [3.8, 4) is 0 Å². The molecule has 110 valence electrons. The summed E-state index contributed by atoms with van der Waals surface area (Å²) in [6, 6.07) is 5.84. The molecule has 1 atom stereocenters. The molecular weight excluding hydrogens is 330 g/mol. The summed E-state index contributed by atoms with van der Waals surface area (Å²) in [7, 11) is 1.96. The summed E-state index contributed by atoms with van der Waals surface area (Å²) in [6.45, 7) is 2.01. The summed E-state index contributed by atoms with van der Waals surface area (Å²) in [5, 5.41) is 7.46. The number of carbonyl (C=O) groups is 1. The first-order chi connectivity index (χ1) is 10.1. The Labute approximate surface area is 132 Å². The Balaban J connectivity index is 1.82. The highest BCUT2D eigenvalue weighted by Gasteiger charge is 2.25. The zero-order chi connectivity index (χ0) is 15.0. The molecule has 1 N–H and O–H groups in total. The molecule has 0 bridgehead atoms. The standard InChI is InChI=1S/C16H18BrN3O/c1-10-6-7-11(13(17)8-10)16(21)19-14-4-3-5-15-12(14)9-18-20(15)2/h6-9,14H,3-5H2,1-2H3,(H,19,21). The van der Waals surface area contributed by atoms with Gasteiger partial charge in [0.1, 0.15) is 0 Å². The molecule has 0 spiro atoms. The van der Waals surface area contributed by atoms with Gasteiger partial charge in [-0.3, -0.25) is 9.48 Å². The maximum atomic E-state index is 12.5. The number of hydrogen-bond acceptors (Lipinski definition) is 2. The van der Waals surface area contributed by atoms with Crippen LogP contribution in [-0.2, 0) is 13.5 Å². The Morgan fingerprint density at radius 2 is 2.29 bits per heavy atom. The molecular formula is C16H18BrN3O. The number of nitrogens with one attached hydrogen (secondary N) is 1. The second-order valence-electron chi connectivity index (χ2n) is 5.57. The van der Waals surface area contributed by atoms with Crippen molar-refractivity contribution in [3.63, 3.8) is 0 Å². The van der Waals surface area contributed by atoms with E-state index in [2.05, 4.69) is 26.3 Å². The lowest BCUT2D eigenvalue weighted by Crippen LogP contribution is -2.31. The first kappa shape index (κ1) is 14.3. The van der Waals surface area contributed by atoms with Crippen LogP contribution < -0.4 is 5.32 Å². The van der Waals surface area contributed by atoms with Crippen LogP contribution in [0.25, 0.3) is 0 Å². The molecule has 3 rings (SSSR count). The average molecular weight is 348 g/mol. The van der Waals surface area contributed by atoms with Crippen molar-refractivity contribution in [2.24, 2.45) is 7.05 Å². The summed E-state index contributed by atoms with van der Waals surface area (Å²) in [4.78, 5) is 12.5. The Morgan fingerprint density at radius 1 is 1.48 bits per heavy atom. The lowest BCUT2D eigenvalue weighted by molar-refractivity contribution is 0.0932. The molecule has 1 aromatic heterocycles. The first-order valence-electron chi connectivity index (χ1n) is 7.14. The van der Waals surface area contributed by atoms with Crippen LogP contribution >= 0.6 is 15.9 Å². The molecule has 1 aliphatic rings. The normalized spacial score (nSPS) is 17.4. The monoisotopic (exact) mass is 347 g/mol. The van der Waals surface area contributed by atoms with Gasteiger partial charge in [0.25, 0.3) is 5.91 Å². The second-order valence-corrected chi connectivity index (χ2v) is 6.43. The number of halogens is 1. The van der Waals surface area contributed by atoms with E-state index in [0.29, 0.717) is 5.56 Å². The highest BCUT2D eigenvalue weighted by Crippen LogP contribution is 2.30. The Hall–Kier alpha value is -1.62. The molecule has 1 aliphatic carbocycles. The van der Waals surface area contributed by atoms with Crippen LogP contribution in [0, 0.1) is 6.92 Å². The van der Waals surface area contributed by atoms with Gasteiger partial charge in [-0.2, -0.15) is 5.10 Å². The second kappa shape index (κ2) is 5.64. The molecule has 21 heavy (non-hydrogen) atoms. The maximum absolute atomic E-state index is 12.5. The van der Waals surface area contributed by atoms with Gasteiger partial charge in [-0.1, -0.05) is 6.07 Å². The van der Waals surface area contributed by atoms with E-state index in [0.717, 1.165) is 34.9 Å². The van der Waals surface area contributed by atoms with E-state index in [1.54, 1.807) is 0 Å². The van der Waals surface area contributed by atoms with Crippen LogP contribution in [0.5, 0.6) is 0 Å². The van der Waals surface area contributed by atoms with Gasteiger partial charge in [-0.05, 0) is 59.8 Å². The fourth-order valence-corrected chi connectivity index (χ4v) is 3.57. The van der Waals surface area contributed by atoms with Gasteiger partial charge in [-0.15, -0.1) is 0 Å². The van der Waals surface area contributed by atoms with Crippen molar-refractivity contribution in [3.05, 3.63) is 51.3 Å². The SMILES string of the molecule is Cc1ccc(C(=O)NC2CCCc3c2cnn3C)c(Br)c1. The first-order valence-corrected chi connectivity index (χ1v) is 7.93. The molecule has 0 radical (unpaired) electrons. The number of aryl methyl sites for hydroxylation is 2. The molecule has 0 aliphatic heterocycles. The van der Waals surface area contributed by atoms with Crippen molar-refractivity contribution in [1.82, 2.24) is 15.1 Å². The van der Waals surface area contributed by atoms with Crippen LogP contribution in [0.1, 0.15) is 46.1 Å². The number of hydrogen-bond donors (Lipinski definition) is 1. The highest BCUT2D eigenvalue weighted by atomic mass is 79.9. The number of amides is 1. The molecule has 1 unspecified atom stereocenters. The number of carbonyl (C=O) groups excluding carboxylic acids is 1. The van der Waals surface area contributed by atoms with Crippen LogP contribution in [0.3, 0.4) is 0 Å². The summed E-state index contributed by atoms with van der Waals surface area (Å²) in [5.74, 6) is -0.0384. The predicted octanol–water partition coefficient (Wildman–Crippen LogP) is 3.30. The molecule has 1 aromatic carbocycles. The van der Waals surface area contributed by atoms with Crippen LogP contribution in [0.2, 0.25) is 0 Å². The third kappa shape index (κ3) is 2.75. The van der Waals surface area contributed by atoms with Crippen molar-refractivity contribution in [2.75, 3.05) is 0 Å². The van der Waals surface area contributed by atoms with E-state index in [4.69, 9.17) is 0 Å². The fraction of sp³-hybridized carbons (Fsp3) is 0.375. The summed E-state index contributed by atoms with van der Waals surface area (Å²) in [6.07, 6.45) is 4.95. The third-order valence-corrected chi connectivity index (χ3v) is 4.71. The Morgan fingerprint density at radius 3 is 3.05 bits per heavy atom. The van der Waals surface area contributed by atoms with Crippen molar-refractivity contribution < 1.29 is 4.79 Å². The minimum absolute atomic E-state index is 0.0384. The molecule has 0 fully saturated rings. The topological polar surface area (TPSA) is 46.9 Å². The zero-order valence-corrected chi connectivity index (χ0v) is 13.8. The maximum Gasteiger partial charge on any atom is 0.252 e. The van der Waals surface area contributed by atoms with Crippen LogP contribution in [-0.4, -0.2) is 15.7 Å². The van der Waals surface area contributed by atoms with E-state index in [9.17, 15) is 4.79 Å². The molecule has 1 amide bonds.